The molecule has 0 bridgehead atoms. The lowest BCUT2D eigenvalue weighted by Gasteiger charge is -2.05. The Bertz CT molecular complexity index is 610. The minimum absolute atomic E-state index is 0.112. The molecule has 2 aromatic rings. The molecule has 0 atom stereocenters. The van der Waals surface area contributed by atoms with Crippen LogP contribution in [0.4, 0.5) is 0 Å². The number of rotatable bonds is 3. The molecular formula is C13H18N4O. The van der Waals surface area contributed by atoms with Gasteiger partial charge in [0.2, 0.25) is 0 Å². The van der Waals surface area contributed by atoms with Gasteiger partial charge in [-0.25, -0.2) is 4.98 Å². The zero-order valence-corrected chi connectivity index (χ0v) is 11.2. The van der Waals surface area contributed by atoms with Gasteiger partial charge in [-0.1, -0.05) is 13.8 Å². The second-order valence-corrected chi connectivity index (χ2v) is 4.99. The molecule has 18 heavy (non-hydrogen) atoms. The maximum absolute atomic E-state index is 11.7. The Morgan fingerprint density at radius 3 is 2.72 bits per heavy atom. The van der Waals surface area contributed by atoms with Crippen LogP contribution in [0.5, 0.6) is 0 Å². The van der Waals surface area contributed by atoms with Crippen LogP contribution >= 0.6 is 0 Å². The van der Waals surface area contributed by atoms with Crippen LogP contribution in [0.15, 0.2) is 17.1 Å². The van der Waals surface area contributed by atoms with Crippen molar-refractivity contribution in [2.45, 2.75) is 27.2 Å². The summed E-state index contributed by atoms with van der Waals surface area (Å²) in [6.07, 6.45) is 2.67. The molecule has 0 aliphatic heterocycles. The van der Waals surface area contributed by atoms with E-state index in [-0.39, 0.29) is 5.56 Å². The topological polar surface area (TPSA) is 63.6 Å². The van der Waals surface area contributed by atoms with E-state index in [1.54, 1.807) is 10.7 Å². The molecule has 0 aromatic carbocycles. The van der Waals surface area contributed by atoms with E-state index in [2.05, 4.69) is 28.9 Å². The van der Waals surface area contributed by atoms with Crippen LogP contribution in [0.2, 0.25) is 0 Å². The van der Waals surface area contributed by atoms with Crippen molar-refractivity contribution in [3.8, 4) is 11.4 Å². The third-order valence-electron chi connectivity index (χ3n) is 2.68. The van der Waals surface area contributed by atoms with Crippen LogP contribution in [-0.4, -0.2) is 19.7 Å². The Labute approximate surface area is 106 Å². The van der Waals surface area contributed by atoms with Gasteiger partial charge in [0.25, 0.3) is 5.56 Å². The monoisotopic (exact) mass is 246 g/mol. The van der Waals surface area contributed by atoms with E-state index in [1.807, 2.05) is 20.2 Å². The van der Waals surface area contributed by atoms with Crippen molar-refractivity contribution in [1.29, 1.82) is 0 Å². The Kier molecular flexibility index (Phi) is 3.32. The minimum atomic E-state index is -0.112. The van der Waals surface area contributed by atoms with Gasteiger partial charge in [0.15, 0.2) is 0 Å². The average molecular weight is 246 g/mol. The molecule has 2 rings (SSSR count). The molecule has 2 aromatic heterocycles. The van der Waals surface area contributed by atoms with Crippen LogP contribution in [0.3, 0.4) is 0 Å². The van der Waals surface area contributed by atoms with Gasteiger partial charge in [-0.05, 0) is 19.3 Å². The second kappa shape index (κ2) is 4.76. The second-order valence-electron chi connectivity index (χ2n) is 4.99. The Morgan fingerprint density at radius 1 is 1.44 bits per heavy atom. The predicted molar refractivity (Wildman–Crippen MR) is 70.3 cm³/mol. The quantitative estimate of drug-likeness (QED) is 0.896. The maximum atomic E-state index is 11.7. The van der Waals surface area contributed by atoms with Gasteiger partial charge in [0.1, 0.15) is 5.82 Å². The van der Waals surface area contributed by atoms with E-state index in [9.17, 15) is 4.79 Å². The molecule has 0 fully saturated rings. The number of hydrogen-bond donors (Lipinski definition) is 1. The zero-order valence-electron chi connectivity index (χ0n) is 11.2. The fraction of sp³-hybridized carbons (Fsp3) is 0.462. The van der Waals surface area contributed by atoms with Crippen molar-refractivity contribution < 1.29 is 0 Å². The first-order valence-corrected chi connectivity index (χ1v) is 6.06. The van der Waals surface area contributed by atoms with Gasteiger partial charge in [-0.2, -0.15) is 5.10 Å². The van der Waals surface area contributed by atoms with Crippen LogP contribution < -0.4 is 5.56 Å². The molecule has 0 saturated heterocycles. The smallest absolute Gasteiger partial charge is 0.251 e. The van der Waals surface area contributed by atoms with Crippen molar-refractivity contribution in [2.24, 2.45) is 13.0 Å². The third kappa shape index (κ3) is 2.67. The molecular weight excluding hydrogens is 228 g/mol. The normalized spacial score (nSPS) is 11.2. The number of nitrogens with zero attached hydrogens (tertiary/aromatic N) is 3. The molecule has 5 nitrogen and oxygen atoms in total. The summed E-state index contributed by atoms with van der Waals surface area (Å²) in [6.45, 7) is 6.13. The van der Waals surface area contributed by atoms with Crippen molar-refractivity contribution >= 4 is 0 Å². The van der Waals surface area contributed by atoms with Gasteiger partial charge in [-0.15, -0.1) is 0 Å². The van der Waals surface area contributed by atoms with Gasteiger partial charge in [-0.3, -0.25) is 9.48 Å². The number of H-pyrrole nitrogens is 1. The first-order valence-electron chi connectivity index (χ1n) is 6.06. The van der Waals surface area contributed by atoms with Crippen LogP contribution in [0, 0.1) is 12.8 Å². The fourth-order valence-corrected chi connectivity index (χ4v) is 1.99. The van der Waals surface area contributed by atoms with E-state index in [0.717, 1.165) is 23.4 Å². The van der Waals surface area contributed by atoms with Crippen molar-refractivity contribution in [2.75, 3.05) is 0 Å². The SMILES string of the molecule is Cc1nn(C)cc1-c1nc(CC(C)C)cc(=O)[nH]1. The molecule has 2 heterocycles. The van der Waals surface area contributed by atoms with Gasteiger partial charge in [0, 0.05) is 25.0 Å². The van der Waals surface area contributed by atoms with E-state index in [0.29, 0.717) is 11.7 Å². The van der Waals surface area contributed by atoms with Gasteiger partial charge < -0.3 is 4.98 Å². The summed E-state index contributed by atoms with van der Waals surface area (Å²) >= 11 is 0. The highest BCUT2D eigenvalue weighted by atomic mass is 16.1. The van der Waals surface area contributed by atoms with E-state index < -0.39 is 0 Å². The highest BCUT2D eigenvalue weighted by Crippen LogP contribution is 2.17. The summed E-state index contributed by atoms with van der Waals surface area (Å²) in [6, 6.07) is 1.56. The van der Waals surface area contributed by atoms with E-state index in [4.69, 9.17) is 0 Å². The molecule has 0 spiro atoms. The summed E-state index contributed by atoms with van der Waals surface area (Å²) in [7, 11) is 1.85. The third-order valence-corrected chi connectivity index (χ3v) is 2.68. The summed E-state index contributed by atoms with van der Waals surface area (Å²) < 4.78 is 1.72. The van der Waals surface area contributed by atoms with Crippen LogP contribution in [-0.2, 0) is 13.5 Å². The minimum Gasteiger partial charge on any atom is -0.306 e. The summed E-state index contributed by atoms with van der Waals surface area (Å²) in [5.41, 5.74) is 2.45. The Hall–Kier alpha value is -1.91. The highest BCUT2D eigenvalue weighted by Gasteiger charge is 2.10. The van der Waals surface area contributed by atoms with Crippen molar-refractivity contribution in [3.63, 3.8) is 0 Å². The predicted octanol–water partition coefficient (Wildman–Crippen LogP) is 1.68. The van der Waals surface area contributed by atoms with E-state index in [1.165, 1.54) is 0 Å². The maximum Gasteiger partial charge on any atom is 0.251 e. The Morgan fingerprint density at radius 2 is 2.17 bits per heavy atom. The molecule has 96 valence electrons. The molecule has 0 amide bonds. The highest BCUT2D eigenvalue weighted by molar-refractivity contribution is 5.56. The lowest BCUT2D eigenvalue weighted by molar-refractivity contribution is 0.634. The number of aromatic amines is 1. The van der Waals surface area contributed by atoms with Crippen molar-refractivity contribution in [3.05, 3.63) is 34.0 Å². The fourth-order valence-electron chi connectivity index (χ4n) is 1.99. The number of aromatic nitrogens is 4. The zero-order chi connectivity index (χ0) is 13.3. The number of aryl methyl sites for hydroxylation is 2. The van der Waals surface area contributed by atoms with Gasteiger partial charge >= 0.3 is 0 Å². The van der Waals surface area contributed by atoms with E-state index >= 15 is 0 Å². The Balaban J connectivity index is 2.48. The van der Waals surface area contributed by atoms with Crippen LogP contribution in [0.1, 0.15) is 25.2 Å². The molecule has 0 aliphatic rings. The molecule has 0 radical (unpaired) electrons. The molecule has 0 saturated carbocycles. The average Bonchev–Trinajstić information content (AvgIpc) is 2.55. The van der Waals surface area contributed by atoms with Crippen LogP contribution in [0.25, 0.3) is 11.4 Å². The first-order chi connectivity index (χ1) is 8.45. The standard InChI is InChI=1S/C13H18N4O/c1-8(2)5-10-6-12(18)15-13(14-10)11-7-17(4)16-9(11)3/h6-8H,5H2,1-4H3,(H,14,15,18). The first kappa shape index (κ1) is 12.5. The summed E-state index contributed by atoms with van der Waals surface area (Å²) in [5.74, 6) is 1.07. The summed E-state index contributed by atoms with van der Waals surface area (Å²) in [4.78, 5) is 18.9. The molecule has 1 N–H and O–H groups in total. The number of hydrogen-bond acceptors (Lipinski definition) is 3. The number of nitrogens with one attached hydrogen (secondary N) is 1. The van der Waals surface area contributed by atoms with Gasteiger partial charge in [0.05, 0.1) is 11.3 Å². The molecule has 0 aliphatic carbocycles. The largest absolute Gasteiger partial charge is 0.306 e. The lowest BCUT2D eigenvalue weighted by Crippen LogP contribution is -2.12. The summed E-state index contributed by atoms with van der Waals surface area (Å²) in [5, 5.41) is 4.26. The lowest BCUT2D eigenvalue weighted by atomic mass is 10.1. The molecule has 0 unspecified atom stereocenters. The van der Waals surface area contributed by atoms with Crippen molar-refractivity contribution in [1.82, 2.24) is 19.7 Å². The molecule has 5 heteroatoms.